The van der Waals surface area contributed by atoms with E-state index in [1.807, 2.05) is 0 Å². The van der Waals surface area contributed by atoms with Gasteiger partial charge in [0.1, 0.15) is 10.4 Å². The van der Waals surface area contributed by atoms with Crippen LogP contribution in [-0.2, 0) is 6.54 Å². The topological polar surface area (TPSA) is 88.2 Å². The van der Waals surface area contributed by atoms with E-state index in [1.165, 1.54) is 10.6 Å². The quantitative estimate of drug-likeness (QED) is 0.337. The molecule has 0 amide bonds. The molecule has 170 valence electrons. The Morgan fingerprint density at radius 2 is 1.62 bits per heavy atom. The summed E-state index contributed by atoms with van der Waals surface area (Å²) in [4.78, 5) is 26.7. The lowest BCUT2D eigenvalue weighted by Gasteiger charge is -2.22. The number of nitrogens with zero attached hydrogens (tertiary/aromatic N) is 1. The molecule has 2 aromatic heterocycles. The first-order valence-electron chi connectivity index (χ1n) is 10.8. The van der Waals surface area contributed by atoms with Crippen molar-refractivity contribution in [3.63, 3.8) is 0 Å². The number of rotatable bonds is 4. The number of fused-ring (bicyclic) bond motifs is 2. The molecule has 1 aliphatic carbocycles. The Balaban J connectivity index is 1.69. The normalized spacial score (nSPS) is 12.8. The molecule has 34 heavy (non-hydrogen) atoms. The number of aromatic nitrogens is 2. The molecule has 0 unspecified atom stereocenters. The highest BCUT2D eigenvalue weighted by Gasteiger charge is 2.26. The second-order valence-corrected chi connectivity index (χ2v) is 8.98. The lowest BCUT2D eigenvalue weighted by atomic mass is 9.83. The Bertz CT molecular complexity index is 1530. The molecule has 0 fully saturated rings. The molecule has 2 N–H and O–H groups in total. The van der Waals surface area contributed by atoms with Crippen LogP contribution in [0.4, 0.5) is 0 Å². The van der Waals surface area contributed by atoms with Gasteiger partial charge in [0.25, 0.3) is 0 Å². The van der Waals surface area contributed by atoms with Crippen LogP contribution in [0, 0.1) is 18.5 Å². The van der Waals surface area contributed by atoms with Crippen molar-refractivity contribution >= 4 is 30.3 Å². The summed E-state index contributed by atoms with van der Waals surface area (Å²) in [6, 6.07) is 15.6. The molecule has 1 aliphatic rings. The van der Waals surface area contributed by atoms with Crippen LogP contribution < -0.4 is 5.69 Å². The van der Waals surface area contributed by atoms with Crippen molar-refractivity contribution in [3.8, 4) is 0 Å². The molecular formula is C27H22N2O4S. The molecule has 0 saturated carbocycles. The third-order valence-electron chi connectivity index (χ3n) is 6.10. The second-order valence-electron chi connectivity index (χ2n) is 8.57. The van der Waals surface area contributed by atoms with Crippen LogP contribution in [0.5, 0.6) is 0 Å². The minimum absolute atomic E-state index is 0.0811. The van der Waals surface area contributed by atoms with Gasteiger partial charge in [0.2, 0.25) is 5.76 Å². The van der Waals surface area contributed by atoms with Crippen LogP contribution in [0.25, 0.3) is 12.2 Å². The van der Waals surface area contributed by atoms with E-state index in [-0.39, 0.29) is 23.9 Å². The van der Waals surface area contributed by atoms with Crippen molar-refractivity contribution in [2.75, 3.05) is 0 Å². The maximum atomic E-state index is 12.7. The third kappa shape index (κ3) is 3.95. The van der Waals surface area contributed by atoms with Gasteiger partial charge >= 0.3 is 11.7 Å². The second kappa shape index (κ2) is 8.43. The summed E-state index contributed by atoms with van der Waals surface area (Å²) < 4.78 is 7.21. The average Bonchev–Trinajstić information content (AvgIpc) is 3.20. The third-order valence-corrected chi connectivity index (χ3v) is 6.43. The van der Waals surface area contributed by atoms with E-state index in [2.05, 4.69) is 67.4 Å². The molecule has 6 nitrogen and oxygen atoms in total. The lowest BCUT2D eigenvalue weighted by Crippen LogP contribution is -2.25. The molecule has 0 radical (unpaired) electrons. The van der Waals surface area contributed by atoms with Crippen LogP contribution in [0.3, 0.4) is 0 Å². The van der Waals surface area contributed by atoms with Crippen molar-refractivity contribution in [2.24, 2.45) is 0 Å². The Morgan fingerprint density at radius 1 is 1.00 bits per heavy atom. The number of H-pyrrole nitrogens is 1. The molecular weight excluding hydrogens is 448 g/mol. The monoisotopic (exact) mass is 470 g/mol. The molecule has 5 rings (SSSR count). The van der Waals surface area contributed by atoms with Gasteiger partial charge in [0.15, 0.2) is 0 Å². The number of carbonyl (C=O) groups is 1. The number of hydrogen-bond acceptors (Lipinski definition) is 4. The standard InChI is InChI=1S/C27H22N2O4S/c1-15-3-8-20-17(11-15)5-6-18-12-16(2)4-9-21(18)24(20)22-14-29(27(32)28-25(22)34)13-19-7-10-23(33-19)26(30)31/h3-12,14,24H,13H2,1-2H3,(H,30,31)(H,28,32,34). The molecule has 2 heterocycles. The van der Waals surface area contributed by atoms with Crippen molar-refractivity contribution < 1.29 is 14.3 Å². The average molecular weight is 471 g/mol. The van der Waals surface area contributed by atoms with Gasteiger partial charge in [-0.05, 0) is 48.2 Å². The fourth-order valence-electron chi connectivity index (χ4n) is 4.48. The number of furan rings is 1. The lowest BCUT2D eigenvalue weighted by molar-refractivity contribution is 0.0660. The Labute approximate surface area is 200 Å². The zero-order valence-corrected chi connectivity index (χ0v) is 19.5. The van der Waals surface area contributed by atoms with E-state index in [4.69, 9.17) is 21.7 Å². The van der Waals surface area contributed by atoms with Crippen molar-refractivity contribution in [2.45, 2.75) is 26.3 Å². The fraction of sp³-hybridized carbons (Fsp3) is 0.148. The number of benzene rings is 2. The fourth-order valence-corrected chi connectivity index (χ4v) is 4.74. The smallest absolute Gasteiger partial charge is 0.371 e. The van der Waals surface area contributed by atoms with Gasteiger partial charge < -0.3 is 9.52 Å². The first-order valence-corrected chi connectivity index (χ1v) is 11.3. The summed E-state index contributed by atoms with van der Waals surface area (Å²) in [5, 5.41) is 9.13. The predicted molar refractivity (Wildman–Crippen MR) is 133 cm³/mol. The molecule has 0 aliphatic heterocycles. The maximum absolute atomic E-state index is 12.7. The van der Waals surface area contributed by atoms with Gasteiger partial charge in [0, 0.05) is 17.7 Å². The molecule has 0 atom stereocenters. The van der Waals surface area contributed by atoms with Gasteiger partial charge in [-0.3, -0.25) is 9.55 Å². The van der Waals surface area contributed by atoms with Gasteiger partial charge in [-0.25, -0.2) is 9.59 Å². The maximum Gasteiger partial charge on any atom is 0.371 e. The molecule has 0 bridgehead atoms. The SMILES string of the molecule is Cc1ccc2c(c1)C=Cc1cc(C)ccc1C2c1cn(Cc2ccc(C(=O)O)o2)c(=O)[nH]c1=S. The molecule has 4 aromatic rings. The van der Waals surface area contributed by atoms with Crippen LogP contribution in [0.15, 0.2) is 63.9 Å². The summed E-state index contributed by atoms with van der Waals surface area (Å²) >= 11 is 5.65. The first-order chi connectivity index (χ1) is 16.3. The van der Waals surface area contributed by atoms with Crippen LogP contribution in [0.2, 0.25) is 0 Å². The summed E-state index contributed by atoms with van der Waals surface area (Å²) in [6.45, 7) is 4.21. The van der Waals surface area contributed by atoms with E-state index < -0.39 is 5.97 Å². The zero-order chi connectivity index (χ0) is 24.0. The number of carboxylic acid groups (broad SMARTS) is 1. The van der Waals surface area contributed by atoms with Crippen LogP contribution >= 0.6 is 12.2 Å². The molecule has 2 aromatic carbocycles. The molecule has 0 saturated heterocycles. The zero-order valence-electron chi connectivity index (χ0n) is 18.7. The molecule has 0 spiro atoms. The van der Waals surface area contributed by atoms with E-state index in [0.717, 1.165) is 38.9 Å². The summed E-state index contributed by atoms with van der Waals surface area (Å²) in [5.74, 6) is -1.15. The Hall–Kier alpha value is -3.97. The van der Waals surface area contributed by atoms with Crippen LogP contribution in [0.1, 0.15) is 61.2 Å². The van der Waals surface area contributed by atoms with Gasteiger partial charge in [0.05, 0.1) is 6.54 Å². The number of hydrogen-bond donors (Lipinski definition) is 2. The van der Waals surface area contributed by atoms with E-state index in [1.54, 1.807) is 12.3 Å². The van der Waals surface area contributed by atoms with Gasteiger partial charge in [-0.1, -0.05) is 71.9 Å². The van der Waals surface area contributed by atoms with Crippen molar-refractivity contribution in [1.29, 1.82) is 0 Å². The summed E-state index contributed by atoms with van der Waals surface area (Å²) in [7, 11) is 0. The first kappa shape index (κ1) is 21.9. The van der Waals surface area contributed by atoms with Crippen LogP contribution in [-0.4, -0.2) is 20.6 Å². The molecule has 7 heteroatoms. The van der Waals surface area contributed by atoms with Crippen molar-refractivity contribution in [3.05, 3.63) is 120 Å². The highest BCUT2D eigenvalue weighted by Crippen LogP contribution is 2.39. The Morgan fingerprint density at radius 3 is 2.18 bits per heavy atom. The minimum Gasteiger partial charge on any atom is -0.475 e. The number of carboxylic acids is 1. The van der Waals surface area contributed by atoms with Gasteiger partial charge in [-0.15, -0.1) is 0 Å². The highest BCUT2D eigenvalue weighted by atomic mass is 32.1. The summed E-state index contributed by atoms with van der Waals surface area (Å²) in [6.07, 6.45) is 6.01. The number of aromatic carboxylic acids is 1. The number of aryl methyl sites for hydroxylation is 2. The van der Waals surface area contributed by atoms with Gasteiger partial charge in [-0.2, -0.15) is 0 Å². The van der Waals surface area contributed by atoms with E-state index in [0.29, 0.717) is 10.4 Å². The van der Waals surface area contributed by atoms with Crippen molar-refractivity contribution in [1.82, 2.24) is 9.55 Å². The number of aromatic amines is 1. The van der Waals surface area contributed by atoms with E-state index in [9.17, 15) is 9.59 Å². The predicted octanol–water partition coefficient (Wildman–Crippen LogP) is 5.53. The van der Waals surface area contributed by atoms with E-state index >= 15 is 0 Å². The Kier molecular flexibility index (Phi) is 5.42. The number of nitrogens with one attached hydrogen (secondary N) is 1. The highest BCUT2D eigenvalue weighted by molar-refractivity contribution is 7.71. The minimum atomic E-state index is -1.16. The largest absolute Gasteiger partial charge is 0.475 e. The summed E-state index contributed by atoms with van der Waals surface area (Å²) in [5.41, 5.74) is 7.12.